The second kappa shape index (κ2) is 13.2. The van der Waals surface area contributed by atoms with E-state index in [4.69, 9.17) is 4.74 Å². The van der Waals surface area contributed by atoms with Gasteiger partial charge in [0.15, 0.2) is 0 Å². The highest BCUT2D eigenvalue weighted by Gasteiger charge is 2.30. The van der Waals surface area contributed by atoms with Crippen molar-refractivity contribution in [1.82, 2.24) is 0 Å². The van der Waals surface area contributed by atoms with Gasteiger partial charge >= 0.3 is 18.2 Å². The van der Waals surface area contributed by atoms with Crippen molar-refractivity contribution in [2.45, 2.75) is 55.5 Å². The van der Waals surface area contributed by atoms with Crippen molar-refractivity contribution in [3.8, 4) is 5.75 Å². The number of halogens is 3. The van der Waals surface area contributed by atoms with Gasteiger partial charge in [-0.25, -0.2) is 4.79 Å². The van der Waals surface area contributed by atoms with Crippen LogP contribution in [0.3, 0.4) is 0 Å². The van der Waals surface area contributed by atoms with Crippen LogP contribution in [0.25, 0.3) is 0 Å². The van der Waals surface area contributed by atoms with Gasteiger partial charge in [-0.2, -0.15) is 13.2 Å². The maximum absolute atomic E-state index is 13.1. The smallest absolute Gasteiger partial charge is 0.416 e. The normalized spacial score (nSPS) is 11.2. The lowest BCUT2D eigenvalue weighted by atomic mass is 10.2. The Labute approximate surface area is 219 Å². The first-order valence-electron chi connectivity index (χ1n) is 12.0. The molecule has 9 heteroatoms. The van der Waals surface area contributed by atoms with Gasteiger partial charge in [0, 0.05) is 34.1 Å². The third-order valence-corrected chi connectivity index (χ3v) is 6.32. The molecular weight excluding hydrogens is 501 g/mol. The monoisotopic (exact) mass is 530 g/mol. The van der Waals surface area contributed by atoms with E-state index in [-0.39, 0.29) is 11.7 Å². The molecular formula is C28H29F3N2O3S. The molecule has 0 spiro atoms. The Balaban J connectivity index is 1.72. The van der Waals surface area contributed by atoms with Gasteiger partial charge in [-0.3, -0.25) is 9.69 Å². The summed E-state index contributed by atoms with van der Waals surface area (Å²) in [5.41, 5.74) is 0.183. The molecule has 2 amide bonds. The van der Waals surface area contributed by atoms with Crippen LogP contribution in [-0.2, 0) is 11.0 Å². The van der Waals surface area contributed by atoms with Gasteiger partial charge in [-0.1, -0.05) is 38.1 Å². The standard InChI is InChI=1S/C28H29F3N2O3S/c1-3-5-18-33(27(35)32-21-12-10-20(11-13-21)28(29,30)31)22-8-6-9-25(19-22)37-24-16-14-23(15-17-24)36-26(34)7-4-2/h6,8-17,19H,3-5,7,18H2,1-2H3,(H,32,35). The molecule has 5 nitrogen and oxygen atoms in total. The first-order chi connectivity index (χ1) is 17.7. The van der Waals surface area contributed by atoms with Crippen molar-refractivity contribution < 1.29 is 27.5 Å². The van der Waals surface area contributed by atoms with E-state index >= 15 is 0 Å². The minimum atomic E-state index is -4.44. The Kier molecular flexibility index (Phi) is 10.0. The zero-order valence-corrected chi connectivity index (χ0v) is 21.5. The zero-order chi connectivity index (χ0) is 26.8. The molecule has 196 valence electrons. The van der Waals surface area contributed by atoms with E-state index in [1.807, 2.05) is 50.2 Å². The number of alkyl halides is 3. The van der Waals surface area contributed by atoms with Gasteiger partial charge in [0.05, 0.1) is 5.56 Å². The summed E-state index contributed by atoms with van der Waals surface area (Å²) in [4.78, 5) is 28.2. The SMILES string of the molecule is CCCCN(C(=O)Nc1ccc(C(F)(F)F)cc1)c1cccc(Sc2ccc(OC(=O)CCC)cc2)c1. The predicted molar refractivity (Wildman–Crippen MR) is 140 cm³/mol. The molecule has 0 radical (unpaired) electrons. The number of esters is 1. The number of amides is 2. The molecule has 37 heavy (non-hydrogen) atoms. The number of unbranched alkanes of at least 4 members (excludes halogenated alkanes) is 1. The Morgan fingerprint density at radius 1 is 0.919 bits per heavy atom. The molecule has 0 atom stereocenters. The van der Waals surface area contributed by atoms with Crippen LogP contribution < -0.4 is 15.0 Å². The number of hydrogen-bond donors (Lipinski definition) is 1. The summed E-state index contributed by atoms with van der Waals surface area (Å²) < 4.78 is 43.8. The van der Waals surface area contributed by atoms with Crippen LogP contribution in [0.5, 0.6) is 5.75 Å². The summed E-state index contributed by atoms with van der Waals surface area (Å²) in [6.45, 7) is 4.38. The number of ether oxygens (including phenoxy) is 1. The van der Waals surface area contributed by atoms with Crippen molar-refractivity contribution in [3.63, 3.8) is 0 Å². The number of hydrogen-bond acceptors (Lipinski definition) is 4. The molecule has 0 saturated heterocycles. The number of anilines is 2. The van der Waals surface area contributed by atoms with Crippen LogP contribution in [0.4, 0.5) is 29.3 Å². The quantitative estimate of drug-likeness (QED) is 0.211. The lowest BCUT2D eigenvalue weighted by Crippen LogP contribution is -2.35. The Morgan fingerprint density at radius 3 is 2.24 bits per heavy atom. The number of benzene rings is 3. The molecule has 3 aromatic carbocycles. The Morgan fingerprint density at radius 2 is 1.62 bits per heavy atom. The van der Waals surface area contributed by atoms with E-state index in [2.05, 4.69) is 5.32 Å². The average molecular weight is 531 g/mol. The maximum atomic E-state index is 13.1. The topological polar surface area (TPSA) is 58.6 Å². The molecule has 0 heterocycles. The minimum Gasteiger partial charge on any atom is -0.427 e. The second-order valence-electron chi connectivity index (χ2n) is 8.31. The molecule has 3 rings (SSSR count). The van der Waals surface area contributed by atoms with Crippen molar-refractivity contribution in [3.05, 3.63) is 78.4 Å². The van der Waals surface area contributed by atoms with Gasteiger partial charge in [0.1, 0.15) is 5.75 Å². The van der Waals surface area contributed by atoms with Crippen LogP contribution in [0.2, 0.25) is 0 Å². The van der Waals surface area contributed by atoms with E-state index < -0.39 is 17.8 Å². The summed E-state index contributed by atoms with van der Waals surface area (Å²) in [5, 5.41) is 2.70. The fraction of sp³-hybridized carbons (Fsp3) is 0.286. The third kappa shape index (κ3) is 8.56. The maximum Gasteiger partial charge on any atom is 0.416 e. The van der Waals surface area contributed by atoms with Gasteiger partial charge in [0.2, 0.25) is 0 Å². The largest absolute Gasteiger partial charge is 0.427 e. The lowest BCUT2D eigenvalue weighted by Gasteiger charge is -2.24. The highest BCUT2D eigenvalue weighted by Crippen LogP contribution is 2.33. The van der Waals surface area contributed by atoms with Crippen molar-refractivity contribution in [2.75, 3.05) is 16.8 Å². The molecule has 0 unspecified atom stereocenters. The fourth-order valence-corrected chi connectivity index (χ4v) is 4.28. The predicted octanol–water partition coefficient (Wildman–Crippen LogP) is 8.40. The van der Waals surface area contributed by atoms with Crippen LogP contribution >= 0.6 is 11.8 Å². The van der Waals surface area contributed by atoms with Gasteiger partial charge < -0.3 is 10.1 Å². The summed E-state index contributed by atoms with van der Waals surface area (Å²) in [5.74, 6) is 0.222. The van der Waals surface area contributed by atoms with Crippen LogP contribution in [-0.4, -0.2) is 18.5 Å². The van der Waals surface area contributed by atoms with Crippen molar-refractivity contribution in [2.24, 2.45) is 0 Å². The summed E-state index contributed by atoms with van der Waals surface area (Å²) in [6.07, 6.45) is -1.72. The van der Waals surface area contributed by atoms with E-state index in [1.54, 1.807) is 17.0 Å². The minimum absolute atomic E-state index is 0.266. The van der Waals surface area contributed by atoms with Crippen LogP contribution in [0, 0.1) is 0 Å². The second-order valence-corrected chi connectivity index (χ2v) is 9.45. The summed E-state index contributed by atoms with van der Waals surface area (Å²) in [6, 6.07) is 18.6. The number of nitrogens with one attached hydrogen (secondary N) is 1. The first kappa shape index (κ1) is 28.1. The van der Waals surface area contributed by atoms with E-state index in [0.29, 0.717) is 24.4 Å². The highest BCUT2D eigenvalue weighted by molar-refractivity contribution is 7.99. The number of rotatable bonds is 10. The Bertz CT molecular complexity index is 1180. The molecule has 3 aromatic rings. The number of urea groups is 1. The van der Waals surface area contributed by atoms with E-state index in [0.717, 1.165) is 41.2 Å². The molecule has 0 aliphatic carbocycles. The highest BCUT2D eigenvalue weighted by atomic mass is 32.2. The number of nitrogens with zero attached hydrogens (tertiary/aromatic N) is 1. The number of carbonyl (C=O) groups excluding carboxylic acids is 2. The molecule has 0 fully saturated rings. The summed E-state index contributed by atoms with van der Waals surface area (Å²) in [7, 11) is 0. The molecule has 0 aliphatic heterocycles. The van der Waals surface area contributed by atoms with Gasteiger partial charge in [-0.15, -0.1) is 0 Å². The molecule has 0 aliphatic rings. The molecule has 0 saturated carbocycles. The first-order valence-corrected chi connectivity index (χ1v) is 12.9. The van der Waals surface area contributed by atoms with Crippen LogP contribution in [0.15, 0.2) is 82.6 Å². The lowest BCUT2D eigenvalue weighted by molar-refractivity contribution is -0.137. The van der Waals surface area contributed by atoms with E-state index in [1.165, 1.54) is 23.9 Å². The van der Waals surface area contributed by atoms with Gasteiger partial charge in [0.25, 0.3) is 0 Å². The van der Waals surface area contributed by atoms with Crippen LogP contribution in [0.1, 0.15) is 45.1 Å². The number of carbonyl (C=O) groups is 2. The van der Waals surface area contributed by atoms with Crippen molar-refractivity contribution >= 4 is 35.1 Å². The summed E-state index contributed by atoms with van der Waals surface area (Å²) >= 11 is 1.50. The van der Waals surface area contributed by atoms with Crippen molar-refractivity contribution in [1.29, 1.82) is 0 Å². The van der Waals surface area contributed by atoms with Gasteiger partial charge in [-0.05, 0) is 79.6 Å². The fourth-order valence-electron chi connectivity index (χ4n) is 3.41. The van der Waals surface area contributed by atoms with E-state index in [9.17, 15) is 22.8 Å². The zero-order valence-electron chi connectivity index (χ0n) is 20.7. The molecule has 0 bridgehead atoms. The molecule has 0 aromatic heterocycles. The third-order valence-electron chi connectivity index (χ3n) is 5.32. The Hall–Kier alpha value is -3.46. The molecule has 1 N–H and O–H groups in total. The average Bonchev–Trinajstić information content (AvgIpc) is 2.86.